The quantitative estimate of drug-likeness (QED) is 0.509. The van der Waals surface area contributed by atoms with E-state index in [4.69, 9.17) is 10.6 Å². The number of hydrogen-bond acceptors (Lipinski definition) is 4. The van der Waals surface area contributed by atoms with Gasteiger partial charge in [-0.15, -0.1) is 0 Å². The fraction of sp³-hybridized carbons (Fsp3) is 1.00. The number of ether oxygens (including phenoxy) is 1. The summed E-state index contributed by atoms with van der Waals surface area (Å²) in [5.74, 6) is 8.67. The second-order valence-electron chi connectivity index (χ2n) is 5.01. The van der Waals surface area contributed by atoms with Crippen LogP contribution >= 0.6 is 11.8 Å². The third-order valence-electron chi connectivity index (χ3n) is 2.87. The number of nitrogens with one attached hydrogen (secondary N) is 1. The number of rotatable bonds is 8. The van der Waals surface area contributed by atoms with Crippen molar-refractivity contribution in [2.24, 2.45) is 11.8 Å². The molecule has 96 valence electrons. The van der Waals surface area contributed by atoms with E-state index in [-0.39, 0.29) is 0 Å². The highest BCUT2D eigenvalue weighted by Crippen LogP contribution is 2.19. The predicted octanol–water partition coefficient (Wildman–Crippen LogP) is 2.17. The van der Waals surface area contributed by atoms with Crippen LogP contribution in [0, 0.1) is 5.92 Å². The van der Waals surface area contributed by atoms with E-state index in [1.165, 1.54) is 18.6 Å². The first-order valence-electron chi connectivity index (χ1n) is 6.38. The SMILES string of the molecule is CC(C)CSCC(CCC1CCCO1)NN. The molecular formula is C12H26N2OS. The molecule has 0 spiro atoms. The maximum absolute atomic E-state index is 5.62. The van der Waals surface area contributed by atoms with Crippen LogP contribution in [0.5, 0.6) is 0 Å². The Hall–Kier alpha value is 0.230. The summed E-state index contributed by atoms with van der Waals surface area (Å²) in [5.41, 5.74) is 2.92. The Balaban J connectivity index is 2.05. The van der Waals surface area contributed by atoms with Gasteiger partial charge in [0.2, 0.25) is 0 Å². The summed E-state index contributed by atoms with van der Waals surface area (Å²) in [6.07, 6.45) is 5.23. The average molecular weight is 246 g/mol. The fourth-order valence-electron chi connectivity index (χ4n) is 1.92. The Morgan fingerprint density at radius 1 is 1.44 bits per heavy atom. The highest BCUT2D eigenvalue weighted by atomic mass is 32.2. The Morgan fingerprint density at radius 3 is 2.81 bits per heavy atom. The Labute approximate surface area is 104 Å². The van der Waals surface area contributed by atoms with Gasteiger partial charge >= 0.3 is 0 Å². The van der Waals surface area contributed by atoms with Gasteiger partial charge in [0.1, 0.15) is 0 Å². The van der Waals surface area contributed by atoms with Crippen LogP contribution in [0.4, 0.5) is 0 Å². The maximum atomic E-state index is 5.62. The lowest BCUT2D eigenvalue weighted by Gasteiger charge is -2.18. The molecule has 2 atom stereocenters. The minimum Gasteiger partial charge on any atom is -0.378 e. The monoisotopic (exact) mass is 246 g/mol. The van der Waals surface area contributed by atoms with Crippen molar-refractivity contribution in [2.45, 2.75) is 51.7 Å². The summed E-state index contributed by atoms with van der Waals surface area (Å²) in [4.78, 5) is 0. The molecule has 1 rings (SSSR count). The molecule has 3 nitrogen and oxygen atoms in total. The van der Waals surface area contributed by atoms with Gasteiger partial charge in [0, 0.05) is 18.4 Å². The number of hydrogen-bond donors (Lipinski definition) is 2. The van der Waals surface area contributed by atoms with Crippen LogP contribution in [0.25, 0.3) is 0 Å². The van der Waals surface area contributed by atoms with Crippen molar-refractivity contribution >= 4 is 11.8 Å². The van der Waals surface area contributed by atoms with Crippen LogP contribution in [-0.4, -0.2) is 30.3 Å². The van der Waals surface area contributed by atoms with Crippen molar-refractivity contribution in [3.8, 4) is 0 Å². The van der Waals surface area contributed by atoms with E-state index in [1.54, 1.807) is 0 Å². The van der Waals surface area contributed by atoms with Crippen molar-refractivity contribution in [2.75, 3.05) is 18.1 Å². The van der Waals surface area contributed by atoms with Crippen LogP contribution < -0.4 is 11.3 Å². The molecule has 0 bridgehead atoms. The molecule has 1 heterocycles. The van der Waals surface area contributed by atoms with Crippen molar-refractivity contribution in [1.29, 1.82) is 0 Å². The van der Waals surface area contributed by atoms with Gasteiger partial charge in [-0.1, -0.05) is 13.8 Å². The summed E-state index contributed by atoms with van der Waals surface area (Å²) in [5, 5.41) is 0. The zero-order valence-corrected chi connectivity index (χ0v) is 11.4. The zero-order valence-electron chi connectivity index (χ0n) is 10.6. The van der Waals surface area contributed by atoms with Crippen molar-refractivity contribution < 1.29 is 4.74 Å². The van der Waals surface area contributed by atoms with E-state index in [0.29, 0.717) is 12.1 Å². The summed E-state index contributed by atoms with van der Waals surface area (Å²) in [6, 6.07) is 0.438. The topological polar surface area (TPSA) is 47.3 Å². The molecule has 1 aliphatic heterocycles. The van der Waals surface area contributed by atoms with E-state index in [1.807, 2.05) is 11.8 Å². The summed E-state index contributed by atoms with van der Waals surface area (Å²) in [7, 11) is 0. The molecule has 0 aromatic heterocycles. The van der Waals surface area contributed by atoms with Gasteiger partial charge in [-0.3, -0.25) is 11.3 Å². The van der Waals surface area contributed by atoms with Crippen LogP contribution in [0.2, 0.25) is 0 Å². The first-order chi connectivity index (χ1) is 7.72. The van der Waals surface area contributed by atoms with Crippen molar-refractivity contribution in [3.63, 3.8) is 0 Å². The first kappa shape index (κ1) is 14.3. The number of nitrogens with two attached hydrogens (primary N) is 1. The minimum absolute atomic E-state index is 0.438. The van der Waals surface area contributed by atoms with E-state index in [2.05, 4.69) is 19.3 Å². The van der Waals surface area contributed by atoms with E-state index < -0.39 is 0 Å². The number of hydrazine groups is 1. The second kappa shape index (κ2) is 8.34. The molecule has 2 unspecified atom stereocenters. The van der Waals surface area contributed by atoms with Gasteiger partial charge in [0.25, 0.3) is 0 Å². The van der Waals surface area contributed by atoms with Crippen LogP contribution in [0.3, 0.4) is 0 Å². The molecular weight excluding hydrogens is 220 g/mol. The van der Waals surface area contributed by atoms with Crippen LogP contribution in [0.15, 0.2) is 0 Å². The van der Waals surface area contributed by atoms with Gasteiger partial charge in [-0.05, 0) is 37.4 Å². The van der Waals surface area contributed by atoms with Gasteiger partial charge in [-0.2, -0.15) is 11.8 Å². The third kappa shape index (κ3) is 6.09. The normalized spacial score (nSPS) is 22.9. The van der Waals surface area contributed by atoms with E-state index in [0.717, 1.165) is 31.1 Å². The lowest BCUT2D eigenvalue weighted by Crippen LogP contribution is -2.37. The zero-order chi connectivity index (χ0) is 11.8. The predicted molar refractivity (Wildman–Crippen MR) is 71.5 cm³/mol. The first-order valence-corrected chi connectivity index (χ1v) is 7.53. The van der Waals surface area contributed by atoms with Crippen molar-refractivity contribution in [3.05, 3.63) is 0 Å². The van der Waals surface area contributed by atoms with E-state index in [9.17, 15) is 0 Å². The van der Waals surface area contributed by atoms with E-state index >= 15 is 0 Å². The summed E-state index contributed by atoms with van der Waals surface area (Å²) in [6.45, 7) is 5.46. The van der Waals surface area contributed by atoms with Gasteiger partial charge < -0.3 is 4.74 Å². The molecule has 1 aliphatic rings. The second-order valence-corrected chi connectivity index (χ2v) is 6.08. The molecule has 3 N–H and O–H groups in total. The lowest BCUT2D eigenvalue weighted by molar-refractivity contribution is 0.100. The third-order valence-corrected chi connectivity index (χ3v) is 4.41. The lowest BCUT2D eigenvalue weighted by atomic mass is 10.1. The Morgan fingerprint density at radius 2 is 2.25 bits per heavy atom. The number of thioether (sulfide) groups is 1. The smallest absolute Gasteiger partial charge is 0.0576 e. The molecule has 0 aromatic rings. The van der Waals surface area contributed by atoms with Crippen LogP contribution in [-0.2, 0) is 4.74 Å². The molecule has 4 heteroatoms. The summed E-state index contributed by atoms with van der Waals surface area (Å²) >= 11 is 1.99. The molecule has 1 saturated heterocycles. The molecule has 0 radical (unpaired) electrons. The summed E-state index contributed by atoms with van der Waals surface area (Å²) < 4.78 is 5.62. The van der Waals surface area contributed by atoms with Crippen LogP contribution in [0.1, 0.15) is 39.5 Å². The Kier molecular flexibility index (Phi) is 7.45. The average Bonchev–Trinajstić information content (AvgIpc) is 2.75. The van der Waals surface area contributed by atoms with Crippen molar-refractivity contribution in [1.82, 2.24) is 5.43 Å². The van der Waals surface area contributed by atoms with Gasteiger partial charge in [0.05, 0.1) is 6.10 Å². The van der Waals surface area contributed by atoms with Gasteiger partial charge in [0.15, 0.2) is 0 Å². The Bertz CT molecular complexity index is 172. The highest BCUT2D eigenvalue weighted by Gasteiger charge is 2.17. The molecule has 0 saturated carbocycles. The molecule has 16 heavy (non-hydrogen) atoms. The van der Waals surface area contributed by atoms with Gasteiger partial charge in [-0.25, -0.2) is 0 Å². The molecule has 0 aliphatic carbocycles. The highest BCUT2D eigenvalue weighted by molar-refractivity contribution is 7.99. The molecule has 0 aromatic carbocycles. The minimum atomic E-state index is 0.438. The largest absolute Gasteiger partial charge is 0.378 e. The molecule has 1 fully saturated rings. The fourth-order valence-corrected chi connectivity index (χ4v) is 3.07. The maximum Gasteiger partial charge on any atom is 0.0576 e. The molecule has 0 amide bonds. The standard InChI is InChI=1S/C12H26N2OS/c1-10(2)8-16-9-11(14-13)5-6-12-4-3-7-15-12/h10-12,14H,3-9,13H2,1-2H3.